The van der Waals surface area contributed by atoms with Crippen LogP contribution in [0.2, 0.25) is 0 Å². The van der Waals surface area contributed by atoms with Gasteiger partial charge in [0, 0.05) is 13.0 Å². The molecule has 1 spiro atoms. The molecule has 25 heavy (non-hydrogen) atoms. The lowest BCUT2D eigenvalue weighted by Gasteiger charge is -2.25. The van der Waals surface area contributed by atoms with Crippen LogP contribution in [-0.2, 0) is 28.2 Å². The minimum absolute atomic E-state index is 0.191. The van der Waals surface area contributed by atoms with E-state index >= 15 is 0 Å². The molecule has 0 aliphatic carbocycles. The van der Waals surface area contributed by atoms with Gasteiger partial charge < -0.3 is 14.4 Å². The summed E-state index contributed by atoms with van der Waals surface area (Å²) in [5.74, 6) is 1.04. The Labute approximate surface area is 148 Å². The zero-order chi connectivity index (χ0) is 17.3. The first kappa shape index (κ1) is 16.2. The fourth-order valence-electron chi connectivity index (χ4n) is 4.03. The zero-order valence-corrected chi connectivity index (χ0v) is 14.5. The molecular formula is C21H23NO3. The van der Waals surface area contributed by atoms with Crippen molar-refractivity contribution in [3.05, 3.63) is 65.2 Å². The molecule has 0 N–H and O–H groups in total. The number of para-hydroxylation sites is 1. The first-order chi connectivity index (χ1) is 12.2. The van der Waals surface area contributed by atoms with Crippen molar-refractivity contribution < 1.29 is 14.3 Å². The minimum Gasteiger partial charge on any atom is -0.496 e. The number of amides is 1. The molecule has 0 bridgehead atoms. The summed E-state index contributed by atoms with van der Waals surface area (Å²) in [6, 6.07) is 16.3. The lowest BCUT2D eigenvalue weighted by molar-refractivity contribution is -0.131. The number of fused-ring (bicyclic) bond motifs is 2. The highest BCUT2D eigenvalue weighted by Crippen LogP contribution is 2.43. The van der Waals surface area contributed by atoms with Crippen molar-refractivity contribution in [1.82, 2.24) is 4.90 Å². The predicted octanol–water partition coefficient (Wildman–Crippen LogP) is 3.29. The topological polar surface area (TPSA) is 38.8 Å². The van der Waals surface area contributed by atoms with Gasteiger partial charge in [0.05, 0.1) is 20.3 Å². The molecule has 4 nitrogen and oxygen atoms in total. The molecule has 0 radical (unpaired) electrons. The fourth-order valence-corrected chi connectivity index (χ4v) is 4.03. The summed E-state index contributed by atoms with van der Waals surface area (Å²) < 4.78 is 11.5. The molecule has 4 rings (SSSR count). The van der Waals surface area contributed by atoms with Gasteiger partial charge in [0.1, 0.15) is 11.4 Å². The first-order valence-electron chi connectivity index (χ1n) is 8.84. The Morgan fingerprint density at radius 2 is 2.00 bits per heavy atom. The number of hydrogen-bond donors (Lipinski definition) is 0. The van der Waals surface area contributed by atoms with Crippen molar-refractivity contribution in [3.8, 4) is 5.75 Å². The number of benzene rings is 2. The summed E-state index contributed by atoms with van der Waals surface area (Å²) in [5, 5.41) is 0. The van der Waals surface area contributed by atoms with Crippen LogP contribution in [0.5, 0.6) is 5.75 Å². The first-order valence-corrected chi connectivity index (χ1v) is 8.84. The van der Waals surface area contributed by atoms with E-state index in [9.17, 15) is 4.79 Å². The van der Waals surface area contributed by atoms with Gasteiger partial charge in [-0.2, -0.15) is 0 Å². The van der Waals surface area contributed by atoms with Crippen LogP contribution in [-0.4, -0.2) is 31.0 Å². The van der Waals surface area contributed by atoms with Crippen molar-refractivity contribution in [2.45, 2.75) is 31.5 Å². The average molecular weight is 337 g/mol. The quantitative estimate of drug-likeness (QED) is 0.859. The Morgan fingerprint density at radius 3 is 2.88 bits per heavy atom. The van der Waals surface area contributed by atoms with Gasteiger partial charge in [-0.15, -0.1) is 0 Å². The fraction of sp³-hybridized carbons (Fsp3) is 0.381. The molecule has 2 aliphatic rings. The number of carbonyl (C=O) groups excluding carboxylic acids is 1. The van der Waals surface area contributed by atoms with E-state index < -0.39 is 0 Å². The number of methoxy groups -OCH3 is 1. The summed E-state index contributed by atoms with van der Waals surface area (Å²) in [4.78, 5) is 14.7. The number of carbonyl (C=O) groups is 1. The van der Waals surface area contributed by atoms with Crippen LogP contribution in [0.15, 0.2) is 48.5 Å². The van der Waals surface area contributed by atoms with Crippen molar-refractivity contribution in [1.29, 1.82) is 0 Å². The van der Waals surface area contributed by atoms with E-state index in [1.807, 2.05) is 35.2 Å². The number of hydrogen-bond acceptors (Lipinski definition) is 3. The van der Waals surface area contributed by atoms with Crippen LogP contribution in [0.4, 0.5) is 0 Å². The van der Waals surface area contributed by atoms with Crippen molar-refractivity contribution in [2.75, 3.05) is 20.2 Å². The van der Waals surface area contributed by atoms with Gasteiger partial charge in [-0.25, -0.2) is 0 Å². The molecule has 4 heteroatoms. The maximum Gasteiger partial charge on any atom is 0.223 e. The van der Waals surface area contributed by atoms with E-state index in [1.54, 1.807) is 7.11 Å². The molecular weight excluding hydrogens is 314 g/mol. The van der Waals surface area contributed by atoms with Crippen molar-refractivity contribution >= 4 is 5.91 Å². The molecule has 130 valence electrons. The van der Waals surface area contributed by atoms with Crippen LogP contribution in [0, 0.1) is 0 Å². The maximum atomic E-state index is 12.7. The van der Waals surface area contributed by atoms with Gasteiger partial charge in [-0.1, -0.05) is 42.5 Å². The van der Waals surface area contributed by atoms with Crippen LogP contribution in [0.25, 0.3) is 0 Å². The van der Waals surface area contributed by atoms with Crippen molar-refractivity contribution in [3.63, 3.8) is 0 Å². The number of ether oxygens (including phenoxy) is 2. The molecule has 1 unspecified atom stereocenters. The third-order valence-corrected chi connectivity index (χ3v) is 5.40. The standard InChI is InChI=1S/C21H23NO3/c1-24-19-9-5-3-6-16(19)10-11-20(23)22-13-12-21(15-22)18-8-4-2-7-17(18)14-25-21/h2-9H,10-15H2,1H3. The highest BCUT2D eigenvalue weighted by atomic mass is 16.5. The third-order valence-electron chi connectivity index (χ3n) is 5.40. The molecule has 2 heterocycles. The SMILES string of the molecule is COc1ccccc1CCC(=O)N1CCC2(C1)OCc1ccccc12. The minimum atomic E-state index is -0.295. The van der Waals surface area contributed by atoms with E-state index in [-0.39, 0.29) is 11.5 Å². The largest absolute Gasteiger partial charge is 0.496 e. The van der Waals surface area contributed by atoms with Gasteiger partial charge in [0.2, 0.25) is 5.91 Å². The Balaban J connectivity index is 1.42. The Kier molecular flexibility index (Phi) is 4.22. The number of aryl methyl sites for hydroxylation is 1. The molecule has 1 amide bonds. The van der Waals surface area contributed by atoms with E-state index in [0.29, 0.717) is 26.0 Å². The molecule has 1 saturated heterocycles. The zero-order valence-electron chi connectivity index (χ0n) is 14.5. The highest BCUT2D eigenvalue weighted by molar-refractivity contribution is 5.77. The Bertz CT molecular complexity index is 788. The molecule has 1 atom stereocenters. The summed E-state index contributed by atoms with van der Waals surface area (Å²) >= 11 is 0. The lowest BCUT2D eigenvalue weighted by atomic mass is 9.92. The van der Waals surface area contributed by atoms with Crippen LogP contribution in [0.3, 0.4) is 0 Å². The summed E-state index contributed by atoms with van der Waals surface area (Å²) in [6.07, 6.45) is 2.08. The summed E-state index contributed by atoms with van der Waals surface area (Å²) in [5.41, 5.74) is 3.30. The summed E-state index contributed by atoms with van der Waals surface area (Å²) in [6.45, 7) is 2.08. The van der Waals surface area contributed by atoms with Crippen LogP contribution in [0.1, 0.15) is 29.5 Å². The number of nitrogens with zero attached hydrogens (tertiary/aromatic N) is 1. The highest BCUT2D eigenvalue weighted by Gasteiger charge is 2.46. The molecule has 0 saturated carbocycles. The van der Waals surface area contributed by atoms with Crippen LogP contribution >= 0.6 is 0 Å². The average Bonchev–Trinajstić information content (AvgIpc) is 3.26. The molecule has 1 fully saturated rings. The van der Waals surface area contributed by atoms with Crippen LogP contribution < -0.4 is 4.74 Å². The van der Waals surface area contributed by atoms with Crippen molar-refractivity contribution in [2.24, 2.45) is 0 Å². The third kappa shape index (κ3) is 2.91. The molecule has 2 aromatic rings. The predicted molar refractivity (Wildman–Crippen MR) is 95.4 cm³/mol. The molecule has 0 aromatic heterocycles. The van der Waals surface area contributed by atoms with Gasteiger partial charge in [0.25, 0.3) is 0 Å². The summed E-state index contributed by atoms with van der Waals surface area (Å²) in [7, 11) is 1.67. The van der Waals surface area contributed by atoms with E-state index in [1.165, 1.54) is 11.1 Å². The maximum absolute atomic E-state index is 12.7. The number of likely N-dealkylation sites (tertiary alicyclic amines) is 1. The Morgan fingerprint density at radius 1 is 1.20 bits per heavy atom. The molecule has 2 aromatic carbocycles. The van der Waals surface area contributed by atoms with Gasteiger partial charge >= 0.3 is 0 Å². The van der Waals surface area contributed by atoms with Gasteiger partial charge in [-0.3, -0.25) is 4.79 Å². The lowest BCUT2D eigenvalue weighted by Crippen LogP contribution is -2.34. The molecule has 2 aliphatic heterocycles. The Hall–Kier alpha value is -2.33. The smallest absolute Gasteiger partial charge is 0.223 e. The van der Waals surface area contributed by atoms with E-state index in [2.05, 4.69) is 18.2 Å². The van der Waals surface area contributed by atoms with Gasteiger partial charge in [-0.05, 0) is 35.6 Å². The van der Waals surface area contributed by atoms with E-state index in [0.717, 1.165) is 24.3 Å². The normalized spacial score (nSPS) is 21.6. The second-order valence-electron chi connectivity index (χ2n) is 6.82. The monoisotopic (exact) mass is 337 g/mol. The number of rotatable bonds is 4. The van der Waals surface area contributed by atoms with Gasteiger partial charge in [0.15, 0.2) is 0 Å². The van der Waals surface area contributed by atoms with E-state index in [4.69, 9.17) is 9.47 Å². The second kappa shape index (κ2) is 6.52. The second-order valence-corrected chi connectivity index (χ2v) is 6.82.